The van der Waals surface area contributed by atoms with Gasteiger partial charge in [0.25, 0.3) is 0 Å². The molecule has 0 aliphatic rings. The second-order valence-electron chi connectivity index (χ2n) is 3.82. The van der Waals surface area contributed by atoms with Crippen molar-refractivity contribution in [3.63, 3.8) is 0 Å². The molecule has 2 heteroatoms. The van der Waals surface area contributed by atoms with E-state index in [0.29, 0.717) is 18.3 Å². The van der Waals surface area contributed by atoms with E-state index in [2.05, 4.69) is 0 Å². The largest absolute Gasteiger partial charge is 0.490 e. The first-order chi connectivity index (χ1) is 6.63. The Labute approximate surface area is 84.9 Å². The van der Waals surface area contributed by atoms with Gasteiger partial charge in [0.2, 0.25) is 0 Å². The highest BCUT2D eigenvalue weighted by atomic mass is 19.1. The first-order valence-electron chi connectivity index (χ1n) is 5.04. The van der Waals surface area contributed by atoms with E-state index in [1.165, 1.54) is 6.07 Å². The molecule has 0 spiro atoms. The maximum absolute atomic E-state index is 13.4. The van der Waals surface area contributed by atoms with E-state index in [-0.39, 0.29) is 5.82 Å². The van der Waals surface area contributed by atoms with E-state index in [1.807, 2.05) is 26.8 Å². The van der Waals surface area contributed by atoms with Gasteiger partial charge in [-0.25, -0.2) is 4.39 Å². The predicted octanol–water partition coefficient (Wildman–Crippen LogP) is 3.42. The molecule has 1 nitrogen and oxygen atoms in total. The molecule has 0 saturated heterocycles. The van der Waals surface area contributed by atoms with Crippen LogP contribution in [0.15, 0.2) is 18.2 Å². The van der Waals surface area contributed by atoms with Crippen molar-refractivity contribution in [1.29, 1.82) is 0 Å². The molecule has 0 saturated carbocycles. The fourth-order valence-corrected chi connectivity index (χ4v) is 1.14. The maximum Gasteiger partial charge on any atom is 0.165 e. The molecule has 1 aromatic carbocycles. The molecule has 0 bridgehead atoms. The molecule has 1 rings (SSSR count). The molecule has 0 atom stereocenters. The summed E-state index contributed by atoms with van der Waals surface area (Å²) in [5, 5.41) is 0. The van der Waals surface area contributed by atoms with Gasteiger partial charge in [-0.15, -0.1) is 0 Å². The first-order valence-corrected chi connectivity index (χ1v) is 5.04. The maximum atomic E-state index is 13.4. The highest BCUT2D eigenvalue weighted by Gasteiger charge is 2.04. The summed E-state index contributed by atoms with van der Waals surface area (Å²) in [6.45, 7) is 6.64. The van der Waals surface area contributed by atoms with Crippen molar-refractivity contribution >= 4 is 0 Å². The molecule has 0 fully saturated rings. The number of hydrogen-bond acceptors (Lipinski definition) is 1. The van der Waals surface area contributed by atoms with Gasteiger partial charge in [-0.3, -0.25) is 0 Å². The van der Waals surface area contributed by atoms with Crippen molar-refractivity contribution in [2.45, 2.75) is 27.2 Å². The summed E-state index contributed by atoms with van der Waals surface area (Å²) in [6.07, 6.45) is 0.849. The molecule has 0 unspecified atom stereocenters. The highest BCUT2D eigenvalue weighted by Crippen LogP contribution is 2.19. The summed E-state index contributed by atoms with van der Waals surface area (Å²) in [7, 11) is 0. The third-order valence-electron chi connectivity index (χ3n) is 1.98. The summed E-state index contributed by atoms with van der Waals surface area (Å²) in [6, 6.07) is 5.14. The minimum Gasteiger partial charge on any atom is -0.490 e. The van der Waals surface area contributed by atoms with Crippen molar-refractivity contribution < 1.29 is 9.13 Å². The average Bonchev–Trinajstić information content (AvgIpc) is 2.15. The molecule has 1 aromatic rings. The standard InChI is InChI=1S/C12H17FO/c1-4-10-5-6-12(11(13)7-10)14-8-9(2)3/h5-7,9H,4,8H2,1-3H3. The predicted molar refractivity (Wildman–Crippen MR) is 56.1 cm³/mol. The van der Waals surface area contributed by atoms with E-state index in [4.69, 9.17) is 4.74 Å². The molecule has 0 amide bonds. The van der Waals surface area contributed by atoms with Crippen LogP contribution in [0.5, 0.6) is 5.75 Å². The van der Waals surface area contributed by atoms with Crippen LogP contribution in [0.3, 0.4) is 0 Å². The average molecular weight is 196 g/mol. The van der Waals surface area contributed by atoms with Gasteiger partial charge in [-0.2, -0.15) is 0 Å². The van der Waals surface area contributed by atoms with Crippen LogP contribution in [-0.4, -0.2) is 6.61 Å². The zero-order valence-corrected chi connectivity index (χ0v) is 9.01. The summed E-state index contributed by atoms with van der Waals surface area (Å²) >= 11 is 0. The van der Waals surface area contributed by atoms with Crippen molar-refractivity contribution in [3.8, 4) is 5.75 Å². The Balaban J connectivity index is 2.69. The molecule has 0 aromatic heterocycles. The van der Waals surface area contributed by atoms with E-state index >= 15 is 0 Å². The normalized spacial score (nSPS) is 10.6. The second kappa shape index (κ2) is 4.99. The lowest BCUT2D eigenvalue weighted by Gasteiger charge is -2.09. The van der Waals surface area contributed by atoms with Crippen LogP contribution in [0.4, 0.5) is 4.39 Å². The molecule has 0 aliphatic heterocycles. The third-order valence-corrected chi connectivity index (χ3v) is 1.98. The Morgan fingerprint density at radius 3 is 2.57 bits per heavy atom. The monoisotopic (exact) mass is 196 g/mol. The molecule has 0 aliphatic carbocycles. The van der Waals surface area contributed by atoms with Crippen molar-refractivity contribution in [3.05, 3.63) is 29.6 Å². The summed E-state index contributed by atoms with van der Waals surface area (Å²) in [5.74, 6) is 0.515. The topological polar surface area (TPSA) is 9.23 Å². The molecule has 14 heavy (non-hydrogen) atoms. The summed E-state index contributed by atoms with van der Waals surface area (Å²) in [5.41, 5.74) is 0.999. The van der Waals surface area contributed by atoms with Gasteiger partial charge in [0.15, 0.2) is 11.6 Å². The molecular formula is C12H17FO. The zero-order valence-electron chi connectivity index (χ0n) is 9.01. The van der Waals surface area contributed by atoms with Crippen molar-refractivity contribution in [2.75, 3.05) is 6.61 Å². The Morgan fingerprint density at radius 2 is 2.07 bits per heavy atom. The lowest BCUT2D eigenvalue weighted by Crippen LogP contribution is -2.05. The van der Waals surface area contributed by atoms with Crippen LogP contribution < -0.4 is 4.74 Å². The Kier molecular flexibility index (Phi) is 3.93. The van der Waals surface area contributed by atoms with Crippen molar-refractivity contribution in [2.24, 2.45) is 5.92 Å². The van der Waals surface area contributed by atoms with Gasteiger partial charge in [-0.05, 0) is 30.0 Å². The van der Waals surface area contributed by atoms with Crippen LogP contribution >= 0.6 is 0 Å². The smallest absolute Gasteiger partial charge is 0.165 e. The molecule has 0 heterocycles. The fraction of sp³-hybridized carbons (Fsp3) is 0.500. The highest BCUT2D eigenvalue weighted by molar-refractivity contribution is 5.29. The Hall–Kier alpha value is -1.05. The van der Waals surface area contributed by atoms with Crippen LogP contribution in [0.25, 0.3) is 0 Å². The molecule has 78 valence electrons. The van der Waals surface area contributed by atoms with Gasteiger partial charge < -0.3 is 4.74 Å². The van der Waals surface area contributed by atoms with Gasteiger partial charge in [0.05, 0.1) is 6.61 Å². The second-order valence-corrected chi connectivity index (χ2v) is 3.82. The molecular weight excluding hydrogens is 179 g/mol. The number of benzene rings is 1. The van der Waals surface area contributed by atoms with E-state index in [9.17, 15) is 4.39 Å². The zero-order chi connectivity index (χ0) is 10.6. The minimum atomic E-state index is -0.259. The van der Waals surface area contributed by atoms with Crippen LogP contribution in [-0.2, 0) is 6.42 Å². The number of halogens is 1. The van der Waals surface area contributed by atoms with Crippen LogP contribution in [0.1, 0.15) is 26.3 Å². The van der Waals surface area contributed by atoms with Crippen molar-refractivity contribution in [1.82, 2.24) is 0 Å². The van der Waals surface area contributed by atoms with Gasteiger partial charge >= 0.3 is 0 Å². The quantitative estimate of drug-likeness (QED) is 0.717. The first kappa shape index (κ1) is 11.0. The Morgan fingerprint density at radius 1 is 1.36 bits per heavy atom. The fourth-order valence-electron chi connectivity index (χ4n) is 1.14. The molecule has 0 N–H and O–H groups in total. The van der Waals surface area contributed by atoms with Gasteiger partial charge in [-0.1, -0.05) is 26.8 Å². The lowest BCUT2D eigenvalue weighted by atomic mass is 10.1. The number of aryl methyl sites for hydroxylation is 1. The number of rotatable bonds is 4. The Bertz CT molecular complexity index is 294. The number of ether oxygens (including phenoxy) is 1. The summed E-state index contributed by atoms with van der Waals surface area (Å²) in [4.78, 5) is 0. The van der Waals surface area contributed by atoms with Crippen LogP contribution in [0.2, 0.25) is 0 Å². The number of hydrogen-bond donors (Lipinski definition) is 0. The van der Waals surface area contributed by atoms with E-state index < -0.39 is 0 Å². The molecule has 0 radical (unpaired) electrons. The third kappa shape index (κ3) is 3.02. The SMILES string of the molecule is CCc1ccc(OCC(C)C)c(F)c1. The van der Waals surface area contributed by atoms with Gasteiger partial charge in [0, 0.05) is 0 Å². The summed E-state index contributed by atoms with van der Waals surface area (Å²) < 4.78 is 18.7. The van der Waals surface area contributed by atoms with E-state index in [0.717, 1.165) is 12.0 Å². The van der Waals surface area contributed by atoms with E-state index in [1.54, 1.807) is 6.07 Å². The minimum absolute atomic E-state index is 0.259. The van der Waals surface area contributed by atoms with Gasteiger partial charge in [0.1, 0.15) is 0 Å². The lowest BCUT2D eigenvalue weighted by molar-refractivity contribution is 0.259. The van der Waals surface area contributed by atoms with Crippen LogP contribution in [0, 0.1) is 11.7 Å².